The Morgan fingerprint density at radius 2 is 1.90 bits per heavy atom. The van der Waals surface area contributed by atoms with Gasteiger partial charge in [0.05, 0.1) is 6.61 Å². The second kappa shape index (κ2) is 6.07. The molecular weight excluding hydrogens is 284 g/mol. The molecule has 0 atom stereocenters. The molecule has 1 aliphatic rings. The summed E-state index contributed by atoms with van der Waals surface area (Å²) in [6.45, 7) is -0.976. The molecule has 2 rings (SSSR count). The molecule has 1 fully saturated rings. The highest BCUT2D eigenvalue weighted by Gasteiger charge is 2.52. The first-order valence-corrected chi connectivity index (χ1v) is 6.51. The molecule has 1 saturated carbocycles. The minimum absolute atomic E-state index is 0.0342. The maximum Gasteiger partial charge on any atom is 0.387 e. The van der Waals surface area contributed by atoms with Gasteiger partial charge in [0.15, 0.2) is 0 Å². The largest absolute Gasteiger partial charge is 0.464 e. The van der Waals surface area contributed by atoms with E-state index in [0.29, 0.717) is 12.8 Å². The molecule has 1 amide bonds. The van der Waals surface area contributed by atoms with Gasteiger partial charge in [0.2, 0.25) is 0 Å². The standard InChI is InChI=1S/C14H15F2NO4/c1-2-20-12(19)14(7-8-14)17-11(18)9-3-5-10(6-4-9)21-13(15)16/h3-6,13H,2,7-8H2,1H3,(H,17,18). The fraction of sp³-hybridized carbons (Fsp3) is 0.429. The molecule has 0 aromatic heterocycles. The van der Waals surface area contributed by atoms with Crippen molar-refractivity contribution in [2.45, 2.75) is 31.9 Å². The minimum Gasteiger partial charge on any atom is -0.464 e. The van der Waals surface area contributed by atoms with E-state index < -0.39 is 24.0 Å². The molecule has 0 radical (unpaired) electrons. The highest BCUT2D eigenvalue weighted by atomic mass is 19.3. The van der Waals surface area contributed by atoms with E-state index in [1.807, 2.05) is 0 Å². The summed E-state index contributed by atoms with van der Waals surface area (Å²) in [7, 11) is 0. The number of carbonyl (C=O) groups excluding carboxylic acids is 2. The van der Waals surface area contributed by atoms with Crippen molar-refractivity contribution in [3.05, 3.63) is 29.8 Å². The third-order valence-electron chi connectivity index (χ3n) is 3.11. The Bertz CT molecular complexity index is 526. The van der Waals surface area contributed by atoms with E-state index in [4.69, 9.17) is 4.74 Å². The van der Waals surface area contributed by atoms with E-state index in [2.05, 4.69) is 10.1 Å². The first-order chi connectivity index (χ1) is 9.97. The van der Waals surface area contributed by atoms with E-state index in [-0.39, 0.29) is 17.9 Å². The third-order valence-corrected chi connectivity index (χ3v) is 3.11. The number of ether oxygens (including phenoxy) is 2. The van der Waals surface area contributed by atoms with Gasteiger partial charge in [-0.05, 0) is 44.0 Å². The van der Waals surface area contributed by atoms with Crippen molar-refractivity contribution in [1.82, 2.24) is 5.32 Å². The molecule has 7 heteroatoms. The van der Waals surface area contributed by atoms with Crippen LogP contribution in [0, 0.1) is 0 Å². The number of rotatable bonds is 6. The van der Waals surface area contributed by atoms with Crippen molar-refractivity contribution in [1.29, 1.82) is 0 Å². The maximum absolute atomic E-state index is 12.0. The molecule has 1 aliphatic carbocycles. The minimum atomic E-state index is -2.91. The smallest absolute Gasteiger partial charge is 0.387 e. The molecular formula is C14H15F2NO4. The van der Waals surface area contributed by atoms with Gasteiger partial charge in [0.1, 0.15) is 11.3 Å². The van der Waals surface area contributed by atoms with Gasteiger partial charge >= 0.3 is 12.6 Å². The molecule has 0 aliphatic heterocycles. The van der Waals surface area contributed by atoms with Crippen molar-refractivity contribution < 1.29 is 27.8 Å². The fourth-order valence-corrected chi connectivity index (χ4v) is 1.85. The van der Waals surface area contributed by atoms with E-state index in [0.717, 1.165) is 0 Å². The SMILES string of the molecule is CCOC(=O)C1(NC(=O)c2ccc(OC(F)F)cc2)CC1. The lowest BCUT2D eigenvalue weighted by Gasteiger charge is -2.15. The molecule has 0 unspecified atom stereocenters. The van der Waals surface area contributed by atoms with Crippen LogP contribution in [0.4, 0.5) is 8.78 Å². The number of halogens is 2. The van der Waals surface area contributed by atoms with E-state index in [1.54, 1.807) is 6.92 Å². The monoisotopic (exact) mass is 299 g/mol. The summed E-state index contributed by atoms with van der Waals surface area (Å²) in [6.07, 6.45) is 1.06. The van der Waals surface area contributed by atoms with Crippen LogP contribution in [0.3, 0.4) is 0 Å². The van der Waals surface area contributed by atoms with Crippen LogP contribution < -0.4 is 10.1 Å². The first kappa shape index (κ1) is 15.2. The lowest BCUT2D eigenvalue weighted by Crippen LogP contribution is -2.44. The van der Waals surface area contributed by atoms with Gasteiger partial charge in [-0.2, -0.15) is 8.78 Å². The van der Waals surface area contributed by atoms with Crippen LogP contribution in [0.2, 0.25) is 0 Å². The van der Waals surface area contributed by atoms with Gasteiger partial charge < -0.3 is 14.8 Å². The molecule has 21 heavy (non-hydrogen) atoms. The zero-order valence-corrected chi connectivity index (χ0v) is 11.4. The number of hydrogen-bond donors (Lipinski definition) is 1. The Morgan fingerprint density at radius 3 is 2.38 bits per heavy atom. The van der Waals surface area contributed by atoms with Crippen molar-refractivity contribution in [3.63, 3.8) is 0 Å². The summed E-state index contributed by atoms with van der Waals surface area (Å²) >= 11 is 0. The molecule has 1 N–H and O–H groups in total. The van der Waals surface area contributed by atoms with Gasteiger partial charge in [-0.1, -0.05) is 0 Å². The van der Waals surface area contributed by atoms with Gasteiger partial charge in [-0.25, -0.2) is 4.79 Å². The maximum atomic E-state index is 12.0. The number of esters is 1. The molecule has 114 valence electrons. The fourth-order valence-electron chi connectivity index (χ4n) is 1.85. The molecule has 0 heterocycles. The summed E-state index contributed by atoms with van der Waals surface area (Å²) in [5.41, 5.74) is -0.683. The lowest BCUT2D eigenvalue weighted by molar-refractivity contribution is -0.146. The quantitative estimate of drug-likeness (QED) is 0.817. The summed E-state index contributed by atoms with van der Waals surface area (Å²) in [6, 6.07) is 5.25. The average molecular weight is 299 g/mol. The number of alkyl halides is 2. The predicted octanol–water partition coefficient (Wildman–Crippen LogP) is 2.11. The Labute approximate surface area is 120 Å². The second-order valence-electron chi connectivity index (χ2n) is 4.66. The van der Waals surface area contributed by atoms with Crippen LogP contribution in [0.1, 0.15) is 30.1 Å². The van der Waals surface area contributed by atoms with Crippen molar-refractivity contribution in [3.8, 4) is 5.75 Å². The molecule has 1 aromatic carbocycles. The normalized spacial score (nSPS) is 15.4. The Hall–Kier alpha value is -2.18. The molecule has 5 nitrogen and oxygen atoms in total. The summed E-state index contributed by atoms with van der Waals surface area (Å²) in [5.74, 6) is -0.937. The van der Waals surface area contributed by atoms with Crippen LogP contribution in [-0.4, -0.2) is 30.6 Å². The predicted molar refractivity (Wildman–Crippen MR) is 69.1 cm³/mol. The third kappa shape index (κ3) is 3.68. The van der Waals surface area contributed by atoms with E-state index in [9.17, 15) is 18.4 Å². The summed E-state index contributed by atoms with van der Waals surface area (Å²) in [5, 5.41) is 2.63. The number of nitrogens with one attached hydrogen (secondary N) is 1. The van der Waals surface area contributed by atoms with E-state index in [1.165, 1.54) is 24.3 Å². The Balaban J connectivity index is 1.99. The summed E-state index contributed by atoms with van der Waals surface area (Å²) in [4.78, 5) is 23.8. The van der Waals surface area contributed by atoms with Gasteiger partial charge in [0.25, 0.3) is 5.91 Å². The number of benzene rings is 1. The zero-order valence-electron chi connectivity index (χ0n) is 11.4. The van der Waals surface area contributed by atoms with E-state index >= 15 is 0 Å². The van der Waals surface area contributed by atoms with Gasteiger partial charge in [-0.3, -0.25) is 4.79 Å². The average Bonchev–Trinajstić information content (AvgIpc) is 3.20. The number of hydrogen-bond acceptors (Lipinski definition) is 4. The van der Waals surface area contributed by atoms with Gasteiger partial charge in [-0.15, -0.1) is 0 Å². The highest BCUT2D eigenvalue weighted by Crippen LogP contribution is 2.37. The molecule has 0 saturated heterocycles. The van der Waals surface area contributed by atoms with Crippen LogP contribution in [0.25, 0.3) is 0 Å². The van der Waals surface area contributed by atoms with Crippen LogP contribution >= 0.6 is 0 Å². The van der Waals surface area contributed by atoms with Crippen molar-refractivity contribution >= 4 is 11.9 Å². The summed E-state index contributed by atoms with van der Waals surface area (Å²) < 4.78 is 33.1. The Morgan fingerprint density at radius 1 is 1.29 bits per heavy atom. The van der Waals surface area contributed by atoms with Crippen LogP contribution in [0.5, 0.6) is 5.75 Å². The highest BCUT2D eigenvalue weighted by molar-refractivity contribution is 5.99. The topological polar surface area (TPSA) is 64.6 Å². The second-order valence-corrected chi connectivity index (χ2v) is 4.66. The molecule has 0 bridgehead atoms. The number of carbonyl (C=O) groups is 2. The number of amides is 1. The van der Waals surface area contributed by atoms with Crippen molar-refractivity contribution in [2.24, 2.45) is 0 Å². The zero-order chi connectivity index (χ0) is 15.5. The Kier molecular flexibility index (Phi) is 4.40. The van der Waals surface area contributed by atoms with Crippen LogP contribution in [-0.2, 0) is 9.53 Å². The first-order valence-electron chi connectivity index (χ1n) is 6.51. The molecule has 1 aromatic rings. The van der Waals surface area contributed by atoms with Crippen molar-refractivity contribution in [2.75, 3.05) is 6.61 Å². The lowest BCUT2D eigenvalue weighted by atomic mass is 10.1. The van der Waals surface area contributed by atoms with Crippen LogP contribution in [0.15, 0.2) is 24.3 Å². The molecule has 0 spiro atoms. The van der Waals surface area contributed by atoms with Gasteiger partial charge in [0, 0.05) is 5.56 Å².